The summed E-state index contributed by atoms with van der Waals surface area (Å²) in [6, 6.07) is 0. The predicted molar refractivity (Wildman–Crippen MR) is 50.6 cm³/mol. The average molecular weight is 194 g/mol. The van der Waals surface area contributed by atoms with Crippen LogP contribution in [0.25, 0.3) is 0 Å². The van der Waals surface area contributed by atoms with Crippen molar-refractivity contribution in [1.29, 1.82) is 0 Å². The monoisotopic (exact) mass is 194 g/mol. The summed E-state index contributed by atoms with van der Waals surface area (Å²) in [5.74, 6) is 0. The Balaban J connectivity index is 2.19. The van der Waals surface area contributed by atoms with Gasteiger partial charge in [-0.2, -0.15) is 0 Å². The first kappa shape index (κ1) is 9.55. The van der Waals surface area contributed by atoms with Gasteiger partial charge in [0.2, 0.25) is 0 Å². The van der Waals surface area contributed by atoms with Crippen molar-refractivity contribution in [3.8, 4) is 0 Å². The number of rotatable bonds is 3. The van der Waals surface area contributed by atoms with Crippen LogP contribution in [0.5, 0.6) is 0 Å². The second kappa shape index (κ2) is 3.63. The molecule has 76 valence electrons. The maximum Gasteiger partial charge on any atom is 0.115 e. The van der Waals surface area contributed by atoms with E-state index in [4.69, 9.17) is 4.74 Å². The lowest BCUT2D eigenvalue weighted by molar-refractivity contribution is -0.152. The predicted octanol–water partition coefficient (Wildman–Crippen LogP) is 1.08. The summed E-state index contributed by atoms with van der Waals surface area (Å²) in [5.41, 5.74) is 0.332. The third-order valence-electron chi connectivity index (χ3n) is 3.00. The van der Waals surface area contributed by atoms with Gasteiger partial charge in [-0.3, -0.25) is 0 Å². The maximum absolute atomic E-state index is 10.1. The maximum atomic E-state index is 10.1. The molecule has 1 saturated carbocycles. The van der Waals surface area contributed by atoms with E-state index in [1.165, 1.54) is 6.33 Å². The smallest absolute Gasteiger partial charge is 0.115 e. The highest BCUT2D eigenvalue weighted by molar-refractivity contribution is 5.14. The van der Waals surface area contributed by atoms with Gasteiger partial charge in [-0.15, -0.1) is 0 Å². The molecule has 1 fully saturated rings. The highest BCUT2D eigenvalue weighted by Crippen LogP contribution is 2.44. The van der Waals surface area contributed by atoms with Crippen molar-refractivity contribution in [3.63, 3.8) is 0 Å². The second-order valence-corrected chi connectivity index (χ2v) is 3.70. The van der Waals surface area contributed by atoms with E-state index in [0.717, 1.165) is 24.8 Å². The van der Waals surface area contributed by atoms with E-state index in [1.807, 2.05) is 0 Å². The van der Waals surface area contributed by atoms with E-state index in [2.05, 4.69) is 9.97 Å². The molecule has 0 spiro atoms. The van der Waals surface area contributed by atoms with Gasteiger partial charge in [0.1, 0.15) is 12.4 Å². The minimum absolute atomic E-state index is 0.398. The molecule has 0 aliphatic heterocycles. The quantitative estimate of drug-likeness (QED) is 0.782. The lowest BCUT2D eigenvalue weighted by Crippen LogP contribution is -2.45. The largest absolute Gasteiger partial charge is 0.385 e. The number of methoxy groups -OCH3 is 1. The third kappa shape index (κ3) is 1.40. The number of aromatic nitrogens is 2. The minimum Gasteiger partial charge on any atom is -0.385 e. The highest BCUT2D eigenvalue weighted by Gasteiger charge is 2.44. The first-order chi connectivity index (χ1) is 6.78. The molecule has 0 aromatic carbocycles. The van der Waals surface area contributed by atoms with Crippen LogP contribution in [-0.4, -0.2) is 27.8 Å². The average Bonchev–Trinajstić information content (AvgIpc) is 2.18. The van der Waals surface area contributed by atoms with Gasteiger partial charge in [0.15, 0.2) is 0 Å². The van der Waals surface area contributed by atoms with Crippen LogP contribution in [-0.2, 0) is 4.74 Å². The van der Waals surface area contributed by atoms with Gasteiger partial charge < -0.3 is 9.84 Å². The van der Waals surface area contributed by atoms with E-state index in [9.17, 15) is 5.11 Å². The van der Waals surface area contributed by atoms with Crippen molar-refractivity contribution in [2.24, 2.45) is 0 Å². The van der Waals surface area contributed by atoms with Crippen molar-refractivity contribution in [2.45, 2.75) is 31.0 Å². The Labute approximate surface area is 83.0 Å². The normalized spacial score (nSPS) is 21.3. The summed E-state index contributed by atoms with van der Waals surface area (Å²) < 4.78 is 5.38. The lowest BCUT2D eigenvalue weighted by Gasteiger charge is -2.43. The molecule has 1 aromatic heterocycles. The number of hydrogen-bond donors (Lipinski definition) is 1. The lowest BCUT2D eigenvalue weighted by atomic mass is 9.74. The molecule has 0 radical (unpaired) electrons. The molecule has 1 unspecified atom stereocenters. The molecule has 1 aromatic rings. The van der Waals surface area contributed by atoms with Crippen molar-refractivity contribution in [2.75, 3.05) is 7.11 Å². The molecule has 0 amide bonds. The van der Waals surface area contributed by atoms with Crippen LogP contribution in [0.15, 0.2) is 18.7 Å². The molecule has 1 aliphatic carbocycles. The molecular formula is C10H14N2O2. The van der Waals surface area contributed by atoms with Gasteiger partial charge >= 0.3 is 0 Å². The molecule has 0 saturated heterocycles. The molecule has 2 rings (SSSR count). The topological polar surface area (TPSA) is 55.2 Å². The molecule has 14 heavy (non-hydrogen) atoms. The number of aliphatic hydroxyl groups excluding tert-OH is 1. The van der Waals surface area contributed by atoms with Gasteiger partial charge in [0.05, 0.1) is 5.60 Å². The summed E-state index contributed by atoms with van der Waals surface area (Å²) in [4.78, 5) is 7.77. The SMILES string of the molecule is COC1(C(O)c2cncnc2)CCC1. The summed E-state index contributed by atoms with van der Waals surface area (Å²) in [6.45, 7) is 0. The van der Waals surface area contributed by atoms with Gasteiger partial charge in [0.25, 0.3) is 0 Å². The Morgan fingerprint density at radius 2 is 2.07 bits per heavy atom. The molecular weight excluding hydrogens is 180 g/mol. The fraction of sp³-hybridized carbons (Fsp3) is 0.600. The van der Waals surface area contributed by atoms with Crippen molar-refractivity contribution >= 4 is 0 Å². The Morgan fingerprint density at radius 3 is 2.50 bits per heavy atom. The standard InChI is InChI=1S/C10H14N2O2/c1-14-10(3-2-4-10)9(13)8-5-11-7-12-6-8/h5-7,9,13H,2-4H2,1H3. The van der Waals surface area contributed by atoms with Gasteiger partial charge in [0, 0.05) is 25.1 Å². The van der Waals surface area contributed by atoms with Crippen LogP contribution in [0.3, 0.4) is 0 Å². The highest BCUT2D eigenvalue weighted by atomic mass is 16.5. The molecule has 1 N–H and O–H groups in total. The van der Waals surface area contributed by atoms with Crippen LogP contribution >= 0.6 is 0 Å². The van der Waals surface area contributed by atoms with E-state index in [-0.39, 0.29) is 0 Å². The van der Waals surface area contributed by atoms with Crippen LogP contribution in [0.2, 0.25) is 0 Å². The van der Waals surface area contributed by atoms with E-state index in [1.54, 1.807) is 19.5 Å². The third-order valence-corrected chi connectivity index (χ3v) is 3.00. The van der Waals surface area contributed by atoms with Gasteiger partial charge in [-0.25, -0.2) is 9.97 Å². The summed E-state index contributed by atoms with van der Waals surface area (Å²) in [6.07, 6.45) is 7.03. The van der Waals surface area contributed by atoms with Crippen LogP contribution < -0.4 is 0 Å². The molecule has 0 bridgehead atoms. The molecule has 1 atom stereocenters. The summed E-state index contributed by atoms with van der Waals surface area (Å²) in [5, 5.41) is 10.1. The van der Waals surface area contributed by atoms with Gasteiger partial charge in [-0.1, -0.05) is 0 Å². The fourth-order valence-corrected chi connectivity index (χ4v) is 1.87. The van der Waals surface area contributed by atoms with E-state index >= 15 is 0 Å². The second-order valence-electron chi connectivity index (χ2n) is 3.70. The van der Waals surface area contributed by atoms with Crippen molar-refractivity contribution in [1.82, 2.24) is 9.97 Å². The van der Waals surface area contributed by atoms with Crippen LogP contribution in [0, 0.1) is 0 Å². The number of aliphatic hydroxyl groups is 1. The Morgan fingerprint density at radius 1 is 1.43 bits per heavy atom. The summed E-state index contributed by atoms with van der Waals surface area (Å²) in [7, 11) is 1.65. The fourth-order valence-electron chi connectivity index (χ4n) is 1.87. The Kier molecular flexibility index (Phi) is 2.48. The van der Waals surface area contributed by atoms with Gasteiger partial charge in [-0.05, 0) is 19.3 Å². The molecule has 1 aliphatic rings. The van der Waals surface area contributed by atoms with Crippen LogP contribution in [0.1, 0.15) is 30.9 Å². The first-order valence-electron chi connectivity index (χ1n) is 4.77. The van der Waals surface area contributed by atoms with Crippen molar-refractivity contribution in [3.05, 3.63) is 24.3 Å². The number of ether oxygens (including phenoxy) is 1. The zero-order chi connectivity index (χ0) is 10.0. The van der Waals surface area contributed by atoms with E-state index in [0.29, 0.717) is 0 Å². The Hall–Kier alpha value is -1.00. The zero-order valence-corrected chi connectivity index (χ0v) is 8.18. The van der Waals surface area contributed by atoms with E-state index < -0.39 is 11.7 Å². The Bertz CT molecular complexity index is 293. The number of hydrogen-bond acceptors (Lipinski definition) is 4. The summed E-state index contributed by atoms with van der Waals surface area (Å²) >= 11 is 0. The minimum atomic E-state index is -0.609. The van der Waals surface area contributed by atoms with Crippen molar-refractivity contribution < 1.29 is 9.84 Å². The van der Waals surface area contributed by atoms with Crippen LogP contribution in [0.4, 0.5) is 0 Å². The molecule has 4 heteroatoms. The molecule has 1 heterocycles. The first-order valence-corrected chi connectivity index (χ1v) is 4.77. The number of nitrogens with zero attached hydrogens (tertiary/aromatic N) is 2. The zero-order valence-electron chi connectivity index (χ0n) is 8.18. The molecule has 4 nitrogen and oxygen atoms in total.